The van der Waals surface area contributed by atoms with Crippen molar-refractivity contribution in [2.24, 2.45) is 7.05 Å². The zero-order chi connectivity index (χ0) is 15.4. The van der Waals surface area contributed by atoms with Crippen LogP contribution in [0.1, 0.15) is 5.69 Å². The summed E-state index contributed by atoms with van der Waals surface area (Å²) in [5.41, 5.74) is 0.738. The van der Waals surface area contributed by atoms with Gasteiger partial charge in [0.25, 0.3) is 0 Å². The second-order valence-electron chi connectivity index (χ2n) is 4.21. The molecule has 1 aromatic carbocycles. The van der Waals surface area contributed by atoms with E-state index in [9.17, 15) is 9.18 Å². The van der Waals surface area contributed by atoms with Gasteiger partial charge in [0, 0.05) is 12.1 Å². The minimum absolute atomic E-state index is 0.0811. The van der Waals surface area contributed by atoms with Gasteiger partial charge in [0.2, 0.25) is 5.91 Å². The van der Waals surface area contributed by atoms with E-state index in [0.717, 1.165) is 6.07 Å². The number of thioether (sulfide) groups is 1. The smallest absolute Gasteiger partial charge is 0.234 e. The van der Waals surface area contributed by atoms with Crippen LogP contribution in [0.25, 0.3) is 0 Å². The molecule has 2 aromatic rings. The molecule has 5 nitrogen and oxygen atoms in total. The first-order chi connectivity index (χ1) is 10.0. The Kier molecular flexibility index (Phi) is 5.22. The van der Waals surface area contributed by atoms with Crippen molar-refractivity contribution in [2.45, 2.75) is 11.8 Å². The minimum Gasteiger partial charge on any atom is -0.390 e. The predicted molar refractivity (Wildman–Crippen MR) is 79.9 cm³/mol. The summed E-state index contributed by atoms with van der Waals surface area (Å²) in [4.78, 5) is 15.9. The molecule has 0 unspecified atom stereocenters. The Morgan fingerprint density at radius 2 is 2.33 bits per heavy atom. The Bertz CT molecular complexity index is 663. The Labute approximate surface area is 130 Å². The Balaban J connectivity index is 1.94. The van der Waals surface area contributed by atoms with E-state index in [2.05, 4.69) is 10.3 Å². The van der Waals surface area contributed by atoms with E-state index in [-0.39, 0.29) is 29.0 Å². The number of imidazole rings is 1. The second kappa shape index (κ2) is 6.93. The molecule has 0 saturated heterocycles. The fourth-order valence-electron chi connectivity index (χ4n) is 1.61. The van der Waals surface area contributed by atoms with Gasteiger partial charge in [-0.05, 0) is 18.2 Å². The van der Waals surface area contributed by atoms with Crippen molar-refractivity contribution < 1.29 is 14.3 Å². The van der Waals surface area contributed by atoms with E-state index in [1.807, 2.05) is 0 Å². The summed E-state index contributed by atoms with van der Waals surface area (Å²) in [6.45, 7) is -0.119. The van der Waals surface area contributed by atoms with E-state index in [0.29, 0.717) is 10.9 Å². The number of benzene rings is 1. The average Bonchev–Trinajstić information content (AvgIpc) is 2.80. The summed E-state index contributed by atoms with van der Waals surface area (Å²) in [5.74, 6) is -0.854. The highest BCUT2D eigenvalue weighted by Crippen LogP contribution is 2.21. The molecule has 0 bridgehead atoms. The van der Waals surface area contributed by atoms with Crippen LogP contribution in [0.3, 0.4) is 0 Å². The third kappa shape index (κ3) is 3.96. The van der Waals surface area contributed by atoms with Gasteiger partial charge in [0.05, 0.1) is 29.9 Å². The van der Waals surface area contributed by atoms with Crippen LogP contribution in [0.15, 0.2) is 29.6 Å². The van der Waals surface area contributed by atoms with Crippen LogP contribution in [-0.2, 0) is 18.4 Å². The van der Waals surface area contributed by atoms with Gasteiger partial charge in [0.1, 0.15) is 5.82 Å². The number of rotatable bonds is 5. The zero-order valence-corrected chi connectivity index (χ0v) is 12.7. The minimum atomic E-state index is -0.583. The first-order valence-electron chi connectivity index (χ1n) is 6.00. The van der Waals surface area contributed by atoms with Gasteiger partial charge in [-0.1, -0.05) is 23.4 Å². The maximum absolute atomic E-state index is 13.5. The Morgan fingerprint density at radius 3 is 2.95 bits per heavy atom. The number of aliphatic hydroxyl groups is 1. The lowest BCUT2D eigenvalue weighted by molar-refractivity contribution is -0.113. The van der Waals surface area contributed by atoms with Crippen molar-refractivity contribution in [2.75, 3.05) is 11.1 Å². The highest BCUT2D eigenvalue weighted by atomic mass is 35.5. The lowest BCUT2D eigenvalue weighted by atomic mass is 10.3. The van der Waals surface area contributed by atoms with E-state index < -0.39 is 5.82 Å². The van der Waals surface area contributed by atoms with Crippen LogP contribution in [0.2, 0.25) is 5.02 Å². The highest BCUT2D eigenvalue weighted by molar-refractivity contribution is 7.99. The molecule has 2 N–H and O–H groups in total. The number of halogens is 2. The normalized spacial score (nSPS) is 10.7. The lowest BCUT2D eigenvalue weighted by Gasteiger charge is -2.07. The van der Waals surface area contributed by atoms with Crippen LogP contribution in [0, 0.1) is 5.82 Å². The molecule has 0 fully saturated rings. The number of hydrogen-bond donors (Lipinski definition) is 2. The summed E-state index contributed by atoms with van der Waals surface area (Å²) in [5, 5.41) is 12.4. The monoisotopic (exact) mass is 329 g/mol. The molecule has 112 valence electrons. The van der Waals surface area contributed by atoms with Gasteiger partial charge in [-0.15, -0.1) is 0 Å². The van der Waals surface area contributed by atoms with E-state index in [1.54, 1.807) is 17.8 Å². The predicted octanol–water partition coefficient (Wildman–Crippen LogP) is 2.44. The van der Waals surface area contributed by atoms with E-state index >= 15 is 0 Å². The molecule has 1 aromatic heterocycles. The number of anilines is 1. The van der Waals surface area contributed by atoms with Crippen molar-refractivity contribution >= 4 is 35.0 Å². The summed E-state index contributed by atoms with van der Waals surface area (Å²) < 4.78 is 15.2. The molecular formula is C13H13ClFN3O2S. The van der Waals surface area contributed by atoms with Gasteiger partial charge in [-0.25, -0.2) is 9.37 Å². The SMILES string of the molecule is Cn1c(CO)cnc1SCC(=O)Nc1ccc(Cl)cc1F. The molecule has 0 aliphatic rings. The van der Waals surface area contributed by atoms with Gasteiger partial charge in [-0.3, -0.25) is 4.79 Å². The number of nitrogens with zero attached hydrogens (tertiary/aromatic N) is 2. The topological polar surface area (TPSA) is 67.1 Å². The van der Waals surface area contributed by atoms with Crippen molar-refractivity contribution in [1.29, 1.82) is 0 Å². The largest absolute Gasteiger partial charge is 0.390 e. The lowest BCUT2D eigenvalue weighted by Crippen LogP contribution is -2.15. The maximum Gasteiger partial charge on any atom is 0.234 e. The zero-order valence-electron chi connectivity index (χ0n) is 11.1. The molecular weight excluding hydrogens is 317 g/mol. The molecule has 1 heterocycles. The van der Waals surface area contributed by atoms with E-state index in [4.69, 9.17) is 16.7 Å². The van der Waals surface area contributed by atoms with E-state index in [1.165, 1.54) is 23.9 Å². The van der Waals surface area contributed by atoms with Gasteiger partial charge < -0.3 is 15.0 Å². The Morgan fingerprint density at radius 1 is 1.57 bits per heavy atom. The van der Waals surface area contributed by atoms with Crippen molar-refractivity contribution in [1.82, 2.24) is 9.55 Å². The molecule has 0 aliphatic carbocycles. The van der Waals surface area contributed by atoms with Crippen molar-refractivity contribution in [3.63, 3.8) is 0 Å². The van der Waals surface area contributed by atoms with Crippen LogP contribution in [0.4, 0.5) is 10.1 Å². The van der Waals surface area contributed by atoms with Crippen LogP contribution in [0.5, 0.6) is 0 Å². The quantitative estimate of drug-likeness (QED) is 0.827. The first kappa shape index (κ1) is 15.8. The Hall–Kier alpha value is -1.57. The molecule has 0 aliphatic heterocycles. The number of amides is 1. The van der Waals surface area contributed by atoms with Gasteiger partial charge in [0.15, 0.2) is 5.16 Å². The third-order valence-electron chi connectivity index (χ3n) is 2.74. The molecule has 0 saturated carbocycles. The fraction of sp³-hybridized carbons (Fsp3) is 0.231. The van der Waals surface area contributed by atoms with Crippen molar-refractivity contribution in [3.8, 4) is 0 Å². The first-order valence-corrected chi connectivity index (χ1v) is 7.36. The standard InChI is InChI=1S/C13H13ClFN3O2S/c1-18-9(6-19)5-16-13(18)21-7-12(20)17-11-3-2-8(14)4-10(11)15/h2-5,19H,6-7H2,1H3,(H,17,20). The summed E-state index contributed by atoms with van der Waals surface area (Å²) in [7, 11) is 1.75. The second-order valence-corrected chi connectivity index (χ2v) is 5.59. The number of aliphatic hydroxyl groups excluding tert-OH is 1. The van der Waals surface area contributed by atoms with Crippen LogP contribution < -0.4 is 5.32 Å². The van der Waals surface area contributed by atoms with Crippen LogP contribution >= 0.6 is 23.4 Å². The highest BCUT2D eigenvalue weighted by Gasteiger charge is 2.11. The third-order valence-corrected chi connectivity index (χ3v) is 4.02. The molecule has 0 atom stereocenters. The van der Waals surface area contributed by atoms with Gasteiger partial charge >= 0.3 is 0 Å². The number of nitrogens with one attached hydrogen (secondary N) is 1. The molecule has 0 spiro atoms. The molecule has 8 heteroatoms. The molecule has 0 radical (unpaired) electrons. The average molecular weight is 330 g/mol. The van der Waals surface area contributed by atoms with Crippen LogP contribution in [-0.4, -0.2) is 26.3 Å². The van der Waals surface area contributed by atoms with Gasteiger partial charge in [-0.2, -0.15) is 0 Å². The summed E-state index contributed by atoms with van der Waals surface area (Å²) >= 11 is 6.84. The molecule has 1 amide bonds. The summed E-state index contributed by atoms with van der Waals surface area (Å²) in [6, 6.07) is 4.04. The number of hydrogen-bond acceptors (Lipinski definition) is 4. The number of aromatic nitrogens is 2. The number of carbonyl (C=O) groups is 1. The number of carbonyl (C=O) groups excluding carboxylic acids is 1. The summed E-state index contributed by atoms with van der Waals surface area (Å²) in [6.07, 6.45) is 1.54. The maximum atomic E-state index is 13.5. The molecule has 2 rings (SSSR count). The fourth-order valence-corrected chi connectivity index (χ4v) is 2.54. The molecule has 21 heavy (non-hydrogen) atoms. The van der Waals surface area contributed by atoms with Crippen molar-refractivity contribution in [3.05, 3.63) is 40.9 Å².